The zero-order valence-electron chi connectivity index (χ0n) is 39.3. The zero-order valence-corrected chi connectivity index (χ0v) is 39.3. The highest BCUT2D eigenvalue weighted by atomic mass is 15.2. The molecule has 0 amide bonds. The molecule has 316 valence electrons. The summed E-state index contributed by atoms with van der Waals surface area (Å²) in [6.45, 7) is 18.1. The fourth-order valence-corrected chi connectivity index (χ4v) is 13.4. The van der Waals surface area contributed by atoms with Crippen LogP contribution in [0.5, 0.6) is 0 Å². The Balaban J connectivity index is 1.23. The van der Waals surface area contributed by atoms with Gasteiger partial charge >= 0.3 is 0 Å². The first-order chi connectivity index (χ1) is 32.5. The molecule has 4 aliphatic rings. The average Bonchev–Trinajstić information content (AvgIpc) is 4.00. The lowest BCUT2D eigenvalue weighted by Crippen LogP contribution is -2.64. The second-order valence-electron chi connectivity index (χ2n) is 20.7. The van der Waals surface area contributed by atoms with E-state index in [0.29, 0.717) is 0 Å². The van der Waals surface area contributed by atoms with Gasteiger partial charge in [-0.25, -0.2) is 0 Å². The van der Waals surface area contributed by atoms with Gasteiger partial charge in [-0.05, 0) is 177 Å². The van der Waals surface area contributed by atoms with E-state index < -0.39 is 0 Å². The molecule has 0 bridgehead atoms. The molecule has 0 saturated heterocycles. The number of anilines is 3. The molecule has 9 aromatic carbocycles. The molecule has 0 unspecified atom stereocenters. The highest BCUT2D eigenvalue weighted by molar-refractivity contribution is 7.06. The van der Waals surface area contributed by atoms with Gasteiger partial charge in [0.1, 0.15) is 0 Å². The van der Waals surface area contributed by atoms with Crippen LogP contribution >= 0.6 is 0 Å². The van der Waals surface area contributed by atoms with Gasteiger partial charge in [-0.2, -0.15) is 0 Å². The largest absolute Gasteiger partial charge is 0.312 e. The first kappa shape index (κ1) is 37.7. The first-order valence-electron chi connectivity index (χ1n) is 24.1. The number of hydrogen-bond donors (Lipinski definition) is 0. The molecule has 4 aliphatic heterocycles. The summed E-state index contributed by atoms with van der Waals surface area (Å²) in [6.07, 6.45) is 0. The van der Waals surface area contributed by atoms with Crippen LogP contribution in [0.25, 0.3) is 77.2 Å². The number of aromatic nitrogens is 2. The highest BCUT2D eigenvalue weighted by Crippen LogP contribution is 2.48. The molecule has 0 fully saturated rings. The van der Waals surface area contributed by atoms with Gasteiger partial charge in [-0.3, -0.25) is 0 Å². The van der Waals surface area contributed by atoms with Crippen molar-refractivity contribution >= 4 is 107 Å². The Bertz CT molecular complexity index is 4030. The Morgan fingerprint density at radius 3 is 1.15 bits per heavy atom. The Hall–Kier alpha value is -7.49. The van der Waals surface area contributed by atoms with E-state index in [4.69, 9.17) is 0 Å². The molecule has 0 N–H and O–H groups in total. The van der Waals surface area contributed by atoms with Gasteiger partial charge < -0.3 is 14.0 Å². The summed E-state index contributed by atoms with van der Waals surface area (Å²) in [4.78, 5) is 2.74. The monoisotopic (exact) mass is 855 g/mol. The van der Waals surface area contributed by atoms with Crippen LogP contribution in [0.4, 0.5) is 17.1 Å². The number of hydrogen-bond acceptors (Lipinski definition) is 1. The first-order valence-corrected chi connectivity index (χ1v) is 24.1. The molecule has 6 heterocycles. The zero-order chi connectivity index (χ0) is 45.0. The van der Waals surface area contributed by atoms with Crippen molar-refractivity contribution in [3.63, 3.8) is 0 Å². The molecule has 0 saturated carbocycles. The fraction of sp³-hybridized carbons (Fsp3) is 0.129. The molecule has 67 heavy (non-hydrogen) atoms. The van der Waals surface area contributed by atoms with Crippen molar-refractivity contribution in [2.75, 3.05) is 4.90 Å². The summed E-state index contributed by atoms with van der Waals surface area (Å²) in [5.74, 6) is 0. The molecule has 3 nitrogen and oxygen atoms in total. The molecule has 0 atom stereocenters. The van der Waals surface area contributed by atoms with Crippen molar-refractivity contribution in [3.8, 4) is 33.6 Å². The molecule has 0 radical (unpaired) electrons. The van der Waals surface area contributed by atoms with Crippen LogP contribution < -0.4 is 37.7 Å². The summed E-state index contributed by atoms with van der Waals surface area (Å²) in [7, 11) is 0. The van der Waals surface area contributed by atoms with Crippen LogP contribution in [-0.4, -0.2) is 22.6 Å². The summed E-state index contributed by atoms with van der Waals surface area (Å²) in [6, 6.07) is 55.5. The van der Waals surface area contributed by atoms with E-state index in [0.717, 1.165) is 0 Å². The molecule has 5 heteroatoms. The maximum atomic E-state index is 2.74. The highest BCUT2D eigenvalue weighted by Gasteiger charge is 2.52. The lowest BCUT2D eigenvalue weighted by atomic mass is 9.32. The van der Waals surface area contributed by atoms with Gasteiger partial charge in [0, 0.05) is 38.6 Å². The third-order valence-corrected chi connectivity index (χ3v) is 16.0. The van der Waals surface area contributed by atoms with E-state index in [-0.39, 0.29) is 13.4 Å². The quantitative estimate of drug-likeness (QED) is 0.158. The van der Waals surface area contributed by atoms with E-state index >= 15 is 0 Å². The molecular formula is C62H47B2N3. The van der Waals surface area contributed by atoms with Crippen LogP contribution in [0.3, 0.4) is 0 Å². The van der Waals surface area contributed by atoms with Crippen molar-refractivity contribution in [2.45, 2.75) is 55.4 Å². The number of aryl methyl sites for hydroxylation is 8. The van der Waals surface area contributed by atoms with Gasteiger partial charge in [0.15, 0.2) is 0 Å². The van der Waals surface area contributed by atoms with Crippen molar-refractivity contribution < 1.29 is 0 Å². The van der Waals surface area contributed by atoms with Crippen molar-refractivity contribution in [1.29, 1.82) is 0 Å². The summed E-state index contributed by atoms with van der Waals surface area (Å²) in [5, 5.41) is 5.17. The standard InChI is InChI=1S/C62H47B2N3/c1-32-9-15-48-40(21-32)46-27-38(7)29-55-58(46)63(48)50-31-57(65-51-17-11-34(3)23-42(51)43-24-35(4)12-18-52(43)65)62(66-53-19-13-36(5)25-44(53)45-26-37(6)14-20-54(45)66)60-61(50)67(55)56-30-39(8)28-47-41-22-33(2)10-16-49(41)64(60)59(47)56/h9-31H,1-8H3. The normalized spacial score (nSPS) is 13.6. The maximum Gasteiger partial charge on any atom is 0.251 e. The Kier molecular flexibility index (Phi) is 7.14. The van der Waals surface area contributed by atoms with E-state index in [2.05, 4.69) is 209 Å². The van der Waals surface area contributed by atoms with Crippen molar-refractivity contribution in [2.24, 2.45) is 0 Å². The van der Waals surface area contributed by atoms with Crippen LogP contribution in [-0.2, 0) is 0 Å². The molecular weight excluding hydrogens is 808 g/mol. The average molecular weight is 856 g/mol. The fourth-order valence-electron chi connectivity index (χ4n) is 13.4. The lowest BCUT2D eigenvalue weighted by Gasteiger charge is -2.44. The third kappa shape index (κ3) is 4.74. The smallest absolute Gasteiger partial charge is 0.251 e. The van der Waals surface area contributed by atoms with Crippen molar-refractivity contribution in [1.82, 2.24) is 9.13 Å². The molecule has 0 aliphatic carbocycles. The molecule has 11 aromatic rings. The van der Waals surface area contributed by atoms with Gasteiger partial charge in [-0.15, -0.1) is 0 Å². The van der Waals surface area contributed by atoms with Crippen LogP contribution in [0.2, 0.25) is 0 Å². The van der Waals surface area contributed by atoms with E-state index in [1.807, 2.05) is 0 Å². The van der Waals surface area contributed by atoms with Crippen LogP contribution in [0.15, 0.2) is 140 Å². The second kappa shape index (κ2) is 12.7. The Morgan fingerprint density at radius 1 is 0.284 bits per heavy atom. The summed E-state index contributed by atoms with van der Waals surface area (Å²) in [5.41, 5.74) is 35.5. The third-order valence-electron chi connectivity index (χ3n) is 16.0. The number of rotatable bonds is 2. The van der Waals surface area contributed by atoms with E-state index in [1.54, 1.807) is 0 Å². The van der Waals surface area contributed by atoms with Crippen LogP contribution in [0, 0.1) is 55.4 Å². The minimum absolute atomic E-state index is 0.00755. The Morgan fingerprint density at radius 2 is 0.672 bits per heavy atom. The topological polar surface area (TPSA) is 13.1 Å². The lowest BCUT2D eigenvalue weighted by molar-refractivity contribution is 1.10. The molecule has 2 aromatic heterocycles. The second-order valence-corrected chi connectivity index (χ2v) is 20.7. The number of nitrogens with zero attached hydrogens (tertiary/aromatic N) is 3. The van der Waals surface area contributed by atoms with Gasteiger partial charge in [0.25, 0.3) is 6.71 Å². The number of benzene rings is 9. The van der Waals surface area contributed by atoms with Gasteiger partial charge in [0.05, 0.1) is 33.4 Å². The van der Waals surface area contributed by atoms with Crippen LogP contribution in [0.1, 0.15) is 44.5 Å². The summed E-state index contributed by atoms with van der Waals surface area (Å²) >= 11 is 0. The number of fused-ring (bicyclic) bond motifs is 16. The van der Waals surface area contributed by atoms with Gasteiger partial charge in [0.2, 0.25) is 6.71 Å². The minimum Gasteiger partial charge on any atom is -0.312 e. The predicted octanol–water partition coefficient (Wildman–Crippen LogP) is 11.4. The summed E-state index contributed by atoms with van der Waals surface area (Å²) < 4.78 is 5.33. The van der Waals surface area contributed by atoms with Gasteiger partial charge in [-0.1, -0.05) is 117 Å². The molecule has 15 rings (SSSR count). The SMILES string of the molecule is Cc1ccc2c(c1)-c1cc(C)cc3c1B2c1cc(-n2c4ccc(C)cc4c4cc(C)ccc42)c(-n2c4ccc(C)cc4c4cc(C)ccc42)c2c1N3c1cc(C)cc3c1B2c1ccc(C)cc1-3. The van der Waals surface area contributed by atoms with E-state index in [1.165, 1.54) is 172 Å². The van der Waals surface area contributed by atoms with Crippen molar-refractivity contribution in [3.05, 3.63) is 184 Å². The minimum atomic E-state index is -0.00755. The molecule has 0 spiro atoms. The predicted molar refractivity (Wildman–Crippen MR) is 288 cm³/mol. The maximum absolute atomic E-state index is 2.74. The Labute approximate surface area is 392 Å². The van der Waals surface area contributed by atoms with E-state index in [9.17, 15) is 0 Å².